The monoisotopic (exact) mass is 459 g/mol. The largest absolute Gasteiger partial charge is 0.338 e. The molecule has 2 aromatic carbocycles. The molecule has 3 N–H and O–H groups in total. The predicted molar refractivity (Wildman–Crippen MR) is 128 cm³/mol. The Morgan fingerprint density at radius 2 is 1.75 bits per heavy atom. The Morgan fingerprint density at radius 1 is 0.906 bits per heavy atom. The second kappa shape index (κ2) is 8.74. The van der Waals surface area contributed by atoms with Crippen molar-refractivity contribution in [1.82, 2.24) is 15.0 Å². The van der Waals surface area contributed by atoms with Gasteiger partial charge in [0.2, 0.25) is 5.91 Å². The van der Waals surface area contributed by atoms with Gasteiger partial charge in [0.05, 0.1) is 28.0 Å². The second-order valence-electron chi connectivity index (χ2n) is 6.98. The van der Waals surface area contributed by atoms with Gasteiger partial charge in [0.1, 0.15) is 5.82 Å². The van der Waals surface area contributed by atoms with Crippen LogP contribution in [0.5, 0.6) is 0 Å². The molecule has 32 heavy (non-hydrogen) atoms. The van der Waals surface area contributed by atoms with Gasteiger partial charge in [-0.1, -0.05) is 18.2 Å². The molecule has 3 aromatic heterocycles. The Bertz CT molecular complexity index is 1350. The lowest BCUT2D eigenvalue weighted by molar-refractivity contribution is -0.115. The number of carbonyl (C=O) groups excluding carboxylic acids is 2. The summed E-state index contributed by atoms with van der Waals surface area (Å²) in [6.07, 6.45) is 0.122. The molecule has 7 nitrogen and oxygen atoms in total. The van der Waals surface area contributed by atoms with Crippen molar-refractivity contribution in [2.24, 2.45) is 0 Å². The number of fused-ring (bicyclic) bond motifs is 1. The SMILES string of the molecule is O=C(Cc1csc(NC(=O)c2cccs2)n1)Nc1ccc(-c2nc3ccccc3[nH]2)cc1. The van der Waals surface area contributed by atoms with Gasteiger partial charge in [0, 0.05) is 16.6 Å². The van der Waals surface area contributed by atoms with Gasteiger partial charge < -0.3 is 10.3 Å². The number of H-pyrrole nitrogens is 1. The molecular weight excluding hydrogens is 442 g/mol. The highest BCUT2D eigenvalue weighted by Crippen LogP contribution is 2.23. The number of thiophene rings is 1. The number of benzene rings is 2. The maximum Gasteiger partial charge on any atom is 0.267 e. The summed E-state index contributed by atoms with van der Waals surface area (Å²) in [7, 11) is 0. The maximum atomic E-state index is 12.4. The van der Waals surface area contributed by atoms with Crippen LogP contribution in [0.25, 0.3) is 22.4 Å². The van der Waals surface area contributed by atoms with Crippen LogP contribution in [0.3, 0.4) is 0 Å². The zero-order valence-electron chi connectivity index (χ0n) is 16.7. The Kier molecular flexibility index (Phi) is 5.49. The third kappa shape index (κ3) is 4.43. The van der Waals surface area contributed by atoms with E-state index in [1.54, 1.807) is 11.4 Å². The highest BCUT2D eigenvalue weighted by atomic mass is 32.1. The summed E-state index contributed by atoms with van der Waals surface area (Å²) in [5.74, 6) is 0.404. The van der Waals surface area contributed by atoms with Crippen molar-refractivity contribution in [2.45, 2.75) is 6.42 Å². The van der Waals surface area contributed by atoms with E-state index < -0.39 is 0 Å². The smallest absolute Gasteiger partial charge is 0.267 e. The topological polar surface area (TPSA) is 99.8 Å². The Hall–Kier alpha value is -3.82. The van der Waals surface area contributed by atoms with E-state index in [1.165, 1.54) is 22.7 Å². The summed E-state index contributed by atoms with van der Waals surface area (Å²) in [5.41, 5.74) is 4.12. The molecule has 0 unspecified atom stereocenters. The van der Waals surface area contributed by atoms with Crippen LogP contribution in [0.4, 0.5) is 10.8 Å². The van der Waals surface area contributed by atoms with Crippen LogP contribution in [0.2, 0.25) is 0 Å². The minimum Gasteiger partial charge on any atom is -0.338 e. The Morgan fingerprint density at radius 3 is 2.53 bits per heavy atom. The number of aromatic amines is 1. The van der Waals surface area contributed by atoms with Gasteiger partial charge >= 0.3 is 0 Å². The summed E-state index contributed by atoms with van der Waals surface area (Å²) in [6, 6.07) is 18.9. The van der Waals surface area contributed by atoms with Gasteiger partial charge in [-0.05, 0) is 47.8 Å². The lowest BCUT2D eigenvalue weighted by Gasteiger charge is -2.05. The van der Waals surface area contributed by atoms with E-state index in [1.807, 2.05) is 60.0 Å². The zero-order valence-corrected chi connectivity index (χ0v) is 18.3. The number of hydrogen-bond acceptors (Lipinski definition) is 6. The molecule has 0 saturated carbocycles. The molecule has 3 heterocycles. The van der Waals surface area contributed by atoms with E-state index in [9.17, 15) is 9.59 Å². The highest BCUT2D eigenvalue weighted by Gasteiger charge is 2.12. The summed E-state index contributed by atoms with van der Waals surface area (Å²) in [4.78, 5) is 37.4. The fraction of sp³-hybridized carbons (Fsp3) is 0.0435. The molecular formula is C23H17N5O2S2. The average Bonchev–Trinajstić information content (AvgIpc) is 3.55. The quantitative estimate of drug-likeness (QED) is 0.326. The van der Waals surface area contributed by atoms with Gasteiger partial charge in [-0.3, -0.25) is 14.9 Å². The van der Waals surface area contributed by atoms with Gasteiger partial charge in [-0.15, -0.1) is 22.7 Å². The number of nitrogens with one attached hydrogen (secondary N) is 3. The molecule has 158 valence electrons. The minimum absolute atomic E-state index is 0.122. The van der Waals surface area contributed by atoms with Crippen molar-refractivity contribution >= 4 is 56.3 Å². The van der Waals surface area contributed by atoms with Crippen molar-refractivity contribution in [2.75, 3.05) is 10.6 Å². The van der Waals surface area contributed by atoms with Crippen molar-refractivity contribution in [3.8, 4) is 11.4 Å². The maximum absolute atomic E-state index is 12.4. The molecule has 0 atom stereocenters. The molecule has 2 amide bonds. The number of carbonyl (C=O) groups is 2. The normalized spacial score (nSPS) is 10.9. The molecule has 0 radical (unpaired) electrons. The van der Waals surface area contributed by atoms with Gasteiger partial charge in [-0.2, -0.15) is 0 Å². The van der Waals surface area contributed by atoms with Crippen LogP contribution in [-0.4, -0.2) is 26.8 Å². The fourth-order valence-electron chi connectivity index (χ4n) is 3.18. The third-order valence-electron chi connectivity index (χ3n) is 4.69. The van der Waals surface area contributed by atoms with Crippen molar-refractivity contribution in [1.29, 1.82) is 0 Å². The second-order valence-corrected chi connectivity index (χ2v) is 8.79. The molecule has 0 aliphatic heterocycles. The van der Waals surface area contributed by atoms with E-state index in [4.69, 9.17) is 0 Å². The Labute approximate surface area is 191 Å². The molecule has 0 fully saturated rings. The van der Waals surface area contributed by atoms with Crippen LogP contribution in [0, 0.1) is 0 Å². The molecule has 0 aliphatic carbocycles. The van der Waals surface area contributed by atoms with Crippen LogP contribution in [-0.2, 0) is 11.2 Å². The number of anilines is 2. The first-order valence-electron chi connectivity index (χ1n) is 9.78. The first kappa shape index (κ1) is 20.1. The number of imidazole rings is 1. The standard InChI is InChI=1S/C23H17N5O2S2/c29-20(12-16-13-32-23(25-16)28-22(30)19-6-3-11-31-19)24-15-9-7-14(8-10-15)21-26-17-4-1-2-5-18(17)27-21/h1-11,13H,12H2,(H,24,29)(H,26,27)(H,25,28,30). The minimum atomic E-state index is -0.199. The molecule has 9 heteroatoms. The molecule has 0 saturated heterocycles. The first-order valence-corrected chi connectivity index (χ1v) is 11.5. The van der Waals surface area contributed by atoms with Crippen LogP contribution in [0.1, 0.15) is 15.4 Å². The third-order valence-corrected chi connectivity index (χ3v) is 6.37. The van der Waals surface area contributed by atoms with E-state index in [2.05, 4.69) is 25.6 Å². The molecule has 5 rings (SSSR count). The van der Waals surface area contributed by atoms with E-state index in [-0.39, 0.29) is 18.2 Å². The molecule has 0 spiro atoms. The fourth-order valence-corrected chi connectivity index (χ4v) is 4.51. The summed E-state index contributed by atoms with van der Waals surface area (Å²) >= 11 is 2.66. The van der Waals surface area contributed by atoms with Crippen molar-refractivity contribution in [3.63, 3.8) is 0 Å². The lowest BCUT2D eigenvalue weighted by atomic mass is 10.2. The number of thiazole rings is 1. The highest BCUT2D eigenvalue weighted by molar-refractivity contribution is 7.14. The van der Waals surface area contributed by atoms with Gasteiger partial charge in [0.15, 0.2) is 5.13 Å². The average molecular weight is 460 g/mol. The van der Waals surface area contributed by atoms with Crippen LogP contribution >= 0.6 is 22.7 Å². The molecule has 0 aliphatic rings. The van der Waals surface area contributed by atoms with Crippen molar-refractivity contribution < 1.29 is 9.59 Å². The number of nitrogens with zero attached hydrogens (tertiary/aromatic N) is 2. The predicted octanol–water partition coefficient (Wildman–Crippen LogP) is 5.18. The summed E-state index contributed by atoms with van der Waals surface area (Å²) < 4.78 is 0. The summed E-state index contributed by atoms with van der Waals surface area (Å²) in [5, 5.41) is 9.72. The summed E-state index contributed by atoms with van der Waals surface area (Å²) in [6.45, 7) is 0. The molecule has 0 bridgehead atoms. The number of aromatic nitrogens is 3. The molecule has 5 aromatic rings. The van der Waals surface area contributed by atoms with Crippen molar-refractivity contribution in [3.05, 3.63) is 82.0 Å². The zero-order chi connectivity index (χ0) is 21.9. The first-order chi connectivity index (χ1) is 15.6. The Balaban J connectivity index is 1.19. The number of rotatable bonds is 6. The van der Waals surface area contributed by atoms with E-state index >= 15 is 0 Å². The number of amides is 2. The van der Waals surface area contributed by atoms with E-state index in [0.717, 1.165) is 22.4 Å². The number of para-hydroxylation sites is 2. The van der Waals surface area contributed by atoms with E-state index in [0.29, 0.717) is 21.4 Å². The lowest BCUT2D eigenvalue weighted by Crippen LogP contribution is -2.15. The van der Waals surface area contributed by atoms with Gasteiger partial charge in [-0.25, -0.2) is 9.97 Å². The van der Waals surface area contributed by atoms with Crippen LogP contribution < -0.4 is 10.6 Å². The number of hydrogen-bond donors (Lipinski definition) is 3. The van der Waals surface area contributed by atoms with Gasteiger partial charge in [0.25, 0.3) is 5.91 Å². The van der Waals surface area contributed by atoms with Crippen LogP contribution in [0.15, 0.2) is 71.4 Å².